The summed E-state index contributed by atoms with van der Waals surface area (Å²) >= 11 is 7.54. The van der Waals surface area contributed by atoms with Gasteiger partial charge in [-0.3, -0.25) is 4.79 Å². The van der Waals surface area contributed by atoms with E-state index in [9.17, 15) is 4.79 Å². The Morgan fingerprint density at radius 1 is 0.962 bits per heavy atom. The minimum absolute atomic E-state index is 0.0421. The van der Waals surface area contributed by atoms with Crippen molar-refractivity contribution in [1.82, 2.24) is 15.1 Å². The largest absolute Gasteiger partial charge is 0.352 e. The number of aromatic nitrogens is 2. The molecule has 132 valence electrons. The summed E-state index contributed by atoms with van der Waals surface area (Å²) in [5, 5.41) is 11.4. The van der Waals surface area contributed by atoms with Gasteiger partial charge in [0.2, 0.25) is 0 Å². The highest BCUT2D eigenvalue weighted by Crippen LogP contribution is 2.23. The Labute approximate surface area is 160 Å². The summed E-state index contributed by atoms with van der Waals surface area (Å²) in [4.78, 5) is 17.7. The van der Waals surface area contributed by atoms with Crippen molar-refractivity contribution in [3.8, 4) is 10.6 Å². The van der Waals surface area contributed by atoms with Crippen LogP contribution in [0, 0.1) is 0 Å². The lowest BCUT2D eigenvalue weighted by Crippen LogP contribution is -2.49. The molecule has 4 rings (SSSR count). The van der Waals surface area contributed by atoms with Crippen molar-refractivity contribution >= 4 is 34.7 Å². The molecule has 1 fully saturated rings. The number of carbonyl (C=O) groups excluding carboxylic acids is 1. The van der Waals surface area contributed by atoms with E-state index < -0.39 is 0 Å². The van der Waals surface area contributed by atoms with Gasteiger partial charge in [0.05, 0.1) is 4.88 Å². The van der Waals surface area contributed by atoms with Gasteiger partial charge in [-0.1, -0.05) is 17.7 Å². The van der Waals surface area contributed by atoms with Crippen molar-refractivity contribution in [2.24, 2.45) is 0 Å². The third-order valence-electron chi connectivity index (χ3n) is 4.41. The van der Waals surface area contributed by atoms with Crippen molar-refractivity contribution in [2.75, 3.05) is 31.1 Å². The fraction of sp³-hybridized carbons (Fsp3) is 0.211. The first-order valence-electron chi connectivity index (χ1n) is 8.38. The second-order valence-corrected chi connectivity index (χ2v) is 7.42. The summed E-state index contributed by atoms with van der Waals surface area (Å²) < 4.78 is 0. The summed E-state index contributed by atoms with van der Waals surface area (Å²) in [7, 11) is 0. The molecule has 1 amide bonds. The summed E-state index contributed by atoms with van der Waals surface area (Å²) in [6.07, 6.45) is 0. The fourth-order valence-electron chi connectivity index (χ4n) is 2.96. The first-order valence-corrected chi connectivity index (χ1v) is 9.64. The van der Waals surface area contributed by atoms with Crippen LogP contribution in [0.2, 0.25) is 5.02 Å². The molecule has 0 N–H and O–H groups in total. The number of nitrogens with zero attached hydrogens (tertiary/aromatic N) is 4. The Kier molecular flexibility index (Phi) is 4.86. The van der Waals surface area contributed by atoms with E-state index in [0.29, 0.717) is 23.7 Å². The van der Waals surface area contributed by atoms with E-state index in [2.05, 4.69) is 15.1 Å². The van der Waals surface area contributed by atoms with E-state index in [4.69, 9.17) is 11.6 Å². The molecule has 3 aromatic rings. The molecule has 0 bridgehead atoms. The molecule has 1 aliphatic heterocycles. The summed E-state index contributed by atoms with van der Waals surface area (Å²) in [5.74, 6) is 0.893. The molecule has 5 nitrogen and oxygen atoms in total. The number of hydrogen-bond acceptors (Lipinski definition) is 5. The maximum Gasteiger partial charge on any atom is 0.253 e. The zero-order valence-corrected chi connectivity index (χ0v) is 15.6. The average molecular weight is 385 g/mol. The van der Waals surface area contributed by atoms with Crippen LogP contribution in [0.3, 0.4) is 0 Å². The Balaban J connectivity index is 1.39. The molecule has 3 heterocycles. The first kappa shape index (κ1) is 17.0. The molecule has 26 heavy (non-hydrogen) atoms. The third kappa shape index (κ3) is 3.57. The minimum Gasteiger partial charge on any atom is -0.352 e. The topological polar surface area (TPSA) is 49.3 Å². The van der Waals surface area contributed by atoms with Crippen LogP contribution in [0.5, 0.6) is 0 Å². The van der Waals surface area contributed by atoms with Crippen LogP contribution >= 0.6 is 22.9 Å². The number of halogens is 1. The van der Waals surface area contributed by atoms with E-state index in [1.165, 1.54) is 0 Å². The maximum absolute atomic E-state index is 12.6. The van der Waals surface area contributed by atoms with Crippen molar-refractivity contribution in [2.45, 2.75) is 0 Å². The summed E-state index contributed by atoms with van der Waals surface area (Å²) in [6, 6.07) is 15.1. The van der Waals surface area contributed by atoms with Crippen LogP contribution in [-0.4, -0.2) is 47.2 Å². The van der Waals surface area contributed by atoms with E-state index in [1.807, 2.05) is 34.5 Å². The van der Waals surface area contributed by atoms with Gasteiger partial charge in [-0.2, -0.15) is 0 Å². The number of rotatable bonds is 3. The average Bonchev–Trinajstić information content (AvgIpc) is 3.23. The van der Waals surface area contributed by atoms with Gasteiger partial charge < -0.3 is 9.80 Å². The van der Waals surface area contributed by atoms with Gasteiger partial charge in [0, 0.05) is 36.8 Å². The van der Waals surface area contributed by atoms with Gasteiger partial charge in [-0.15, -0.1) is 21.5 Å². The van der Waals surface area contributed by atoms with E-state index >= 15 is 0 Å². The number of benzene rings is 1. The molecule has 1 aromatic carbocycles. The van der Waals surface area contributed by atoms with Crippen molar-refractivity contribution in [1.29, 1.82) is 0 Å². The maximum atomic E-state index is 12.6. The van der Waals surface area contributed by atoms with Crippen LogP contribution in [0.15, 0.2) is 53.9 Å². The number of piperazine rings is 1. The van der Waals surface area contributed by atoms with E-state index in [0.717, 1.165) is 29.5 Å². The van der Waals surface area contributed by atoms with Crippen LogP contribution in [0.25, 0.3) is 10.6 Å². The number of hydrogen-bond donors (Lipinski definition) is 0. The Morgan fingerprint density at radius 3 is 2.35 bits per heavy atom. The molecule has 0 unspecified atom stereocenters. The highest BCUT2D eigenvalue weighted by Gasteiger charge is 2.23. The number of thiophene rings is 1. The zero-order chi connectivity index (χ0) is 17.9. The van der Waals surface area contributed by atoms with Crippen molar-refractivity contribution < 1.29 is 4.79 Å². The Hall–Kier alpha value is -2.44. The highest BCUT2D eigenvalue weighted by molar-refractivity contribution is 7.13. The van der Waals surface area contributed by atoms with Gasteiger partial charge in [0.15, 0.2) is 5.82 Å². The smallest absolute Gasteiger partial charge is 0.253 e. The lowest BCUT2D eigenvalue weighted by atomic mass is 10.2. The Bertz CT molecular complexity index is 873. The monoisotopic (exact) mass is 384 g/mol. The van der Waals surface area contributed by atoms with Crippen LogP contribution in [-0.2, 0) is 0 Å². The molecule has 1 aliphatic rings. The van der Waals surface area contributed by atoms with Crippen molar-refractivity contribution in [3.63, 3.8) is 0 Å². The molecule has 0 saturated carbocycles. The third-order valence-corrected chi connectivity index (χ3v) is 5.55. The normalized spacial score (nSPS) is 14.5. The molecule has 0 atom stereocenters. The van der Waals surface area contributed by atoms with Crippen LogP contribution in [0.1, 0.15) is 10.4 Å². The van der Waals surface area contributed by atoms with Crippen LogP contribution in [0.4, 0.5) is 5.82 Å². The van der Waals surface area contributed by atoms with Crippen LogP contribution < -0.4 is 4.90 Å². The number of amides is 1. The van der Waals surface area contributed by atoms with Crippen molar-refractivity contribution in [3.05, 3.63) is 64.5 Å². The molecule has 1 saturated heterocycles. The summed E-state index contributed by atoms with van der Waals surface area (Å²) in [5.41, 5.74) is 1.56. The minimum atomic E-state index is 0.0421. The van der Waals surface area contributed by atoms with Gasteiger partial charge >= 0.3 is 0 Å². The molecule has 2 aromatic heterocycles. The number of anilines is 1. The quantitative estimate of drug-likeness (QED) is 0.688. The fourth-order valence-corrected chi connectivity index (χ4v) is 3.78. The second-order valence-electron chi connectivity index (χ2n) is 6.04. The first-order chi connectivity index (χ1) is 12.7. The predicted molar refractivity (Wildman–Crippen MR) is 105 cm³/mol. The standard InChI is InChI=1S/C19H17ClN4OS/c20-15-5-3-14(4-6-15)19(25)24-11-9-23(10-12-24)18-8-7-16(21-22-18)17-2-1-13-26-17/h1-8,13H,9-12H2. The van der Waals surface area contributed by atoms with Gasteiger partial charge in [-0.25, -0.2) is 0 Å². The number of carbonyl (C=O) groups is 1. The molecule has 7 heteroatoms. The molecular weight excluding hydrogens is 368 g/mol. The second kappa shape index (κ2) is 7.43. The lowest BCUT2D eigenvalue weighted by molar-refractivity contribution is 0.0746. The zero-order valence-electron chi connectivity index (χ0n) is 14.0. The Morgan fingerprint density at radius 2 is 1.73 bits per heavy atom. The molecule has 0 aliphatic carbocycles. The highest BCUT2D eigenvalue weighted by atomic mass is 35.5. The molecular formula is C19H17ClN4OS. The van der Waals surface area contributed by atoms with Gasteiger partial charge in [-0.05, 0) is 47.8 Å². The SMILES string of the molecule is O=C(c1ccc(Cl)cc1)N1CCN(c2ccc(-c3cccs3)nn2)CC1. The van der Waals surface area contributed by atoms with Gasteiger partial charge in [0.25, 0.3) is 5.91 Å². The molecule has 0 spiro atoms. The van der Waals surface area contributed by atoms with E-state index in [1.54, 1.807) is 35.6 Å². The molecule has 0 radical (unpaired) electrons. The van der Waals surface area contributed by atoms with Gasteiger partial charge in [0.1, 0.15) is 5.69 Å². The predicted octanol–water partition coefficient (Wildman–Crippen LogP) is 3.82. The summed E-state index contributed by atoms with van der Waals surface area (Å²) in [6.45, 7) is 2.81. The van der Waals surface area contributed by atoms with E-state index in [-0.39, 0.29) is 5.91 Å². The lowest BCUT2D eigenvalue weighted by Gasteiger charge is -2.35.